The fourth-order valence-corrected chi connectivity index (χ4v) is 4.37. The van der Waals surface area contributed by atoms with E-state index < -0.39 is 34.8 Å². The molecule has 3 aromatic rings. The maximum atomic E-state index is 13.1. The van der Waals surface area contributed by atoms with Crippen molar-refractivity contribution in [3.63, 3.8) is 0 Å². The zero-order valence-corrected chi connectivity index (χ0v) is 21.8. The number of cyclic esters (lactones) is 1. The second-order valence-corrected chi connectivity index (χ2v) is 10.1. The lowest BCUT2D eigenvalue weighted by molar-refractivity contribution is -0.125. The lowest BCUT2D eigenvalue weighted by Crippen LogP contribution is -2.45. The topological polar surface area (TPSA) is 178 Å². The number of carbonyl (C=O) groups excluding carboxylic acids is 3. The molecule has 5 rings (SSSR count). The number of nitrogens with one attached hydrogen (secondary N) is 4. The number of aliphatic hydroxyl groups excluding tert-OH is 1. The van der Waals surface area contributed by atoms with Crippen LogP contribution in [0.3, 0.4) is 0 Å². The molecule has 1 aliphatic carbocycles. The number of anilines is 3. The number of amides is 2. The molecule has 12 nitrogen and oxygen atoms in total. The summed E-state index contributed by atoms with van der Waals surface area (Å²) >= 11 is 0. The van der Waals surface area contributed by atoms with Gasteiger partial charge in [-0.2, -0.15) is 5.26 Å². The smallest absolute Gasteiger partial charge is 0.341 e. The van der Waals surface area contributed by atoms with Gasteiger partial charge in [-0.05, 0) is 44.4 Å². The van der Waals surface area contributed by atoms with Gasteiger partial charge in [0.2, 0.25) is 0 Å². The average Bonchev–Trinajstić information content (AvgIpc) is 3.72. The Balaban J connectivity index is 1.42. The average molecular weight is 542 g/mol. The first-order chi connectivity index (χ1) is 19.2. The number of esters is 1. The number of benzene rings is 1. The molecule has 0 radical (unpaired) electrons. The van der Waals surface area contributed by atoms with Crippen LogP contribution in [0.5, 0.6) is 0 Å². The molecule has 12 heteroatoms. The number of carbonyl (C=O) groups is 3. The molecule has 3 heterocycles. The molecule has 2 aliphatic rings. The van der Waals surface area contributed by atoms with E-state index in [0.29, 0.717) is 41.4 Å². The van der Waals surface area contributed by atoms with Crippen LogP contribution in [0.25, 0.3) is 0 Å². The Morgan fingerprint density at radius 1 is 1.12 bits per heavy atom. The molecule has 204 valence electrons. The molecule has 40 heavy (non-hydrogen) atoms. The second kappa shape index (κ2) is 10.3. The minimum atomic E-state index is -1.11. The number of hydrazine groups is 1. The number of aromatic nitrogens is 2. The van der Waals surface area contributed by atoms with E-state index in [1.807, 2.05) is 36.4 Å². The van der Waals surface area contributed by atoms with E-state index in [1.165, 1.54) is 6.20 Å². The Kier molecular flexibility index (Phi) is 6.83. The molecule has 0 unspecified atom stereocenters. The van der Waals surface area contributed by atoms with E-state index in [4.69, 9.17) is 4.74 Å². The summed E-state index contributed by atoms with van der Waals surface area (Å²) in [4.78, 5) is 46.4. The number of fused-ring (bicyclic) bond motifs is 1. The molecule has 1 aliphatic heterocycles. The Morgan fingerprint density at radius 2 is 1.88 bits per heavy atom. The van der Waals surface area contributed by atoms with Gasteiger partial charge in [0.25, 0.3) is 11.8 Å². The molecule has 0 spiro atoms. The van der Waals surface area contributed by atoms with Crippen molar-refractivity contribution >= 4 is 35.1 Å². The lowest BCUT2D eigenvalue weighted by Gasteiger charge is -2.21. The van der Waals surface area contributed by atoms with Crippen LogP contribution in [0.1, 0.15) is 64.7 Å². The summed E-state index contributed by atoms with van der Waals surface area (Å²) in [5.41, 5.74) is 4.74. The fourth-order valence-electron chi connectivity index (χ4n) is 4.37. The van der Waals surface area contributed by atoms with Gasteiger partial charge in [0.15, 0.2) is 0 Å². The van der Waals surface area contributed by atoms with Crippen LogP contribution in [0.4, 0.5) is 17.3 Å². The van der Waals surface area contributed by atoms with Crippen LogP contribution in [0, 0.1) is 16.7 Å². The minimum Gasteiger partial charge on any atom is -0.449 e. The largest absolute Gasteiger partial charge is 0.449 e. The quantitative estimate of drug-likeness (QED) is 0.210. The Bertz CT molecular complexity index is 1530. The molecular formula is C28H27N7O5. The molecule has 5 N–H and O–H groups in total. The monoisotopic (exact) mass is 541 g/mol. The molecule has 2 aromatic heterocycles. The first-order valence-corrected chi connectivity index (χ1v) is 12.6. The fraction of sp³-hybridized carbons (Fsp3) is 0.286. The Labute approximate surface area is 229 Å². The van der Waals surface area contributed by atoms with Crippen molar-refractivity contribution in [1.82, 2.24) is 20.8 Å². The van der Waals surface area contributed by atoms with Gasteiger partial charge in [0.1, 0.15) is 28.3 Å². The summed E-state index contributed by atoms with van der Waals surface area (Å²) < 4.78 is 5.38. The number of ether oxygens (including phenoxy) is 1. The van der Waals surface area contributed by atoms with Gasteiger partial charge in [-0.3, -0.25) is 20.4 Å². The van der Waals surface area contributed by atoms with Crippen LogP contribution in [-0.4, -0.2) is 39.5 Å². The van der Waals surface area contributed by atoms with E-state index in [0.717, 1.165) is 5.56 Å². The minimum absolute atomic E-state index is 0.0871. The first-order valence-electron chi connectivity index (χ1n) is 12.6. The van der Waals surface area contributed by atoms with Gasteiger partial charge >= 0.3 is 5.97 Å². The third kappa shape index (κ3) is 5.14. The van der Waals surface area contributed by atoms with E-state index in [-0.39, 0.29) is 12.2 Å². The molecule has 0 bridgehead atoms. The maximum Gasteiger partial charge on any atom is 0.341 e. The number of hydrogen-bond acceptors (Lipinski definition) is 10. The van der Waals surface area contributed by atoms with Crippen molar-refractivity contribution in [2.75, 3.05) is 17.2 Å². The zero-order chi connectivity index (χ0) is 28.5. The van der Waals surface area contributed by atoms with Crippen molar-refractivity contribution in [3.05, 3.63) is 77.1 Å². The van der Waals surface area contributed by atoms with Crippen LogP contribution in [0.15, 0.2) is 54.7 Å². The van der Waals surface area contributed by atoms with Gasteiger partial charge in [0.05, 0.1) is 35.5 Å². The van der Waals surface area contributed by atoms with E-state index >= 15 is 0 Å². The van der Waals surface area contributed by atoms with Crippen molar-refractivity contribution < 1.29 is 24.2 Å². The molecular weight excluding hydrogens is 514 g/mol. The molecule has 1 atom stereocenters. The first kappa shape index (κ1) is 26.6. The van der Waals surface area contributed by atoms with Crippen LogP contribution >= 0.6 is 0 Å². The van der Waals surface area contributed by atoms with E-state index in [1.54, 1.807) is 32.0 Å². The lowest BCUT2D eigenvalue weighted by atomic mass is 10.0. The molecule has 1 fully saturated rings. The second-order valence-electron chi connectivity index (χ2n) is 10.1. The number of hydrogen-bond donors (Lipinski definition) is 5. The SMILES string of the molecule is CC1(C)OC(=O)c2ccc(Nc3cc(N[C@H](CO)c4ccccc4)c(C(=O)NNC(=O)C4(C#N)CC4)cn3)nc21. The molecule has 1 aromatic carbocycles. The predicted octanol–water partition coefficient (Wildman–Crippen LogP) is 2.84. The Hall–Kier alpha value is -5.02. The predicted molar refractivity (Wildman–Crippen MR) is 143 cm³/mol. The molecule has 2 amide bonds. The van der Waals surface area contributed by atoms with Gasteiger partial charge < -0.3 is 20.5 Å². The number of aliphatic hydroxyl groups is 1. The van der Waals surface area contributed by atoms with Crippen LogP contribution in [0.2, 0.25) is 0 Å². The number of rotatable bonds is 8. The highest BCUT2D eigenvalue weighted by molar-refractivity contribution is 6.01. The van der Waals surface area contributed by atoms with Gasteiger partial charge in [-0.1, -0.05) is 30.3 Å². The molecule has 0 saturated heterocycles. The highest BCUT2D eigenvalue weighted by Gasteiger charge is 2.51. The van der Waals surface area contributed by atoms with E-state index in [2.05, 4.69) is 31.5 Å². The van der Waals surface area contributed by atoms with Gasteiger partial charge in [0, 0.05) is 12.3 Å². The van der Waals surface area contributed by atoms with Crippen molar-refractivity contribution in [3.8, 4) is 6.07 Å². The number of nitrogens with zero attached hydrogens (tertiary/aromatic N) is 3. The summed E-state index contributed by atoms with van der Waals surface area (Å²) in [5.74, 6) is -0.952. The van der Waals surface area contributed by atoms with Crippen molar-refractivity contribution in [1.29, 1.82) is 5.26 Å². The summed E-state index contributed by atoms with van der Waals surface area (Å²) in [6, 6.07) is 15.4. The van der Waals surface area contributed by atoms with E-state index in [9.17, 15) is 24.8 Å². The van der Waals surface area contributed by atoms with Gasteiger partial charge in [-0.25, -0.2) is 14.8 Å². The van der Waals surface area contributed by atoms with Crippen LogP contribution in [-0.2, 0) is 15.1 Å². The normalized spacial score (nSPS) is 16.5. The highest BCUT2D eigenvalue weighted by atomic mass is 16.6. The summed E-state index contributed by atoms with van der Waals surface area (Å²) in [6.07, 6.45) is 2.18. The highest BCUT2D eigenvalue weighted by Crippen LogP contribution is 2.44. The molecule has 1 saturated carbocycles. The third-order valence-electron chi connectivity index (χ3n) is 6.84. The zero-order valence-electron chi connectivity index (χ0n) is 21.8. The Morgan fingerprint density at radius 3 is 2.55 bits per heavy atom. The van der Waals surface area contributed by atoms with Crippen LogP contribution < -0.4 is 21.5 Å². The van der Waals surface area contributed by atoms with Gasteiger partial charge in [-0.15, -0.1) is 0 Å². The summed E-state index contributed by atoms with van der Waals surface area (Å²) in [7, 11) is 0. The van der Waals surface area contributed by atoms with Crippen molar-refractivity contribution in [2.45, 2.75) is 38.3 Å². The summed E-state index contributed by atoms with van der Waals surface area (Å²) in [6.45, 7) is 3.23. The number of nitriles is 1. The third-order valence-corrected chi connectivity index (χ3v) is 6.84. The standard InChI is InChI=1S/C28H27N7O5/c1-27(2)23-17(25(38)40-27)8-9-21(33-23)32-22-12-19(31-20(14-36)16-6-4-3-5-7-16)18(13-30-22)24(37)34-35-26(39)28(15-29)10-11-28/h3-9,12-13,20,36H,10-11,14H2,1-2H3,(H,34,37)(H,35,39)(H2,30,31,32,33)/t20-/m1/s1. The number of pyridine rings is 2. The maximum absolute atomic E-state index is 13.1. The van der Waals surface area contributed by atoms with Crippen molar-refractivity contribution in [2.24, 2.45) is 5.41 Å². The summed E-state index contributed by atoms with van der Waals surface area (Å²) in [5, 5.41) is 25.6.